The van der Waals surface area contributed by atoms with Crippen molar-refractivity contribution in [1.82, 2.24) is 5.32 Å². The molecule has 2 rings (SSSR count). The molecule has 1 saturated carbocycles. The molecule has 0 spiro atoms. The number of hydrogen-bond donors (Lipinski definition) is 3. The Labute approximate surface area is 116 Å². The molecule has 1 fully saturated rings. The summed E-state index contributed by atoms with van der Waals surface area (Å²) in [6.07, 6.45) is 3.02. The molecule has 1 heterocycles. The molecular formula is C13H18N2O3S. The fourth-order valence-corrected chi connectivity index (χ4v) is 3.23. The smallest absolute Gasteiger partial charge is 0.338 e. The first-order chi connectivity index (χ1) is 8.87. The Bertz CT molecular complexity index is 496. The van der Waals surface area contributed by atoms with Gasteiger partial charge in [0.15, 0.2) is 0 Å². The first-order valence-electron chi connectivity index (χ1n) is 6.26. The molecule has 1 aromatic heterocycles. The van der Waals surface area contributed by atoms with Crippen LogP contribution in [-0.2, 0) is 0 Å². The van der Waals surface area contributed by atoms with Gasteiger partial charge in [-0.1, -0.05) is 13.8 Å². The molecule has 0 saturated heterocycles. The van der Waals surface area contributed by atoms with Gasteiger partial charge in [-0.25, -0.2) is 9.59 Å². The molecule has 1 aliphatic carbocycles. The fraction of sp³-hybridized carbons (Fsp3) is 0.538. The number of anilines is 1. The van der Waals surface area contributed by atoms with Crippen molar-refractivity contribution in [2.45, 2.75) is 39.2 Å². The lowest BCUT2D eigenvalue weighted by Gasteiger charge is -2.18. The van der Waals surface area contributed by atoms with Crippen molar-refractivity contribution in [3.63, 3.8) is 0 Å². The Hall–Kier alpha value is -1.56. The Morgan fingerprint density at radius 1 is 1.47 bits per heavy atom. The Balaban J connectivity index is 1.91. The number of rotatable bonds is 3. The fourth-order valence-electron chi connectivity index (χ4n) is 2.46. The average molecular weight is 282 g/mol. The molecule has 6 heteroatoms. The van der Waals surface area contributed by atoms with Gasteiger partial charge >= 0.3 is 12.0 Å². The van der Waals surface area contributed by atoms with Gasteiger partial charge in [0.05, 0.1) is 5.56 Å². The van der Waals surface area contributed by atoms with E-state index >= 15 is 0 Å². The van der Waals surface area contributed by atoms with Crippen molar-refractivity contribution in [3.8, 4) is 0 Å². The highest BCUT2D eigenvalue weighted by Crippen LogP contribution is 2.36. The Morgan fingerprint density at radius 3 is 2.79 bits per heavy atom. The van der Waals surface area contributed by atoms with Gasteiger partial charge in [-0.15, -0.1) is 11.3 Å². The number of carboxylic acids is 1. The number of hydrogen-bond acceptors (Lipinski definition) is 3. The van der Waals surface area contributed by atoms with Gasteiger partial charge in [-0.3, -0.25) is 5.32 Å². The highest BCUT2D eigenvalue weighted by atomic mass is 32.1. The van der Waals surface area contributed by atoms with Crippen molar-refractivity contribution in [3.05, 3.63) is 17.0 Å². The second-order valence-corrected chi connectivity index (χ2v) is 6.59. The van der Waals surface area contributed by atoms with Gasteiger partial charge < -0.3 is 10.4 Å². The quantitative estimate of drug-likeness (QED) is 0.797. The van der Waals surface area contributed by atoms with Crippen molar-refractivity contribution in [2.24, 2.45) is 5.41 Å². The molecule has 3 N–H and O–H groups in total. The largest absolute Gasteiger partial charge is 0.478 e. The van der Waals surface area contributed by atoms with Gasteiger partial charge in [-0.05, 0) is 36.1 Å². The van der Waals surface area contributed by atoms with Gasteiger partial charge in [0.2, 0.25) is 0 Å². The van der Waals surface area contributed by atoms with E-state index < -0.39 is 5.97 Å². The lowest BCUT2D eigenvalue weighted by Crippen LogP contribution is -2.36. The van der Waals surface area contributed by atoms with Crippen molar-refractivity contribution < 1.29 is 14.7 Å². The number of carbonyl (C=O) groups excluding carboxylic acids is 1. The normalized spacial score (nSPS) is 21.1. The van der Waals surface area contributed by atoms with Crippen LogP contribution in [-0.4, -0.2) is 23.1 Å². The number of thiophene rings is 1. The highest BCUT2D eigenvalue weighted by Gasteiger charge is 2.31. The Morgan fingerprint density at radius 2 is 2.21 bits per heavy atom. The van der Waals surface area contributed by atoms with Crippen molar-refractivity contribution in [1.29, 1.82) is 0 Å². The number of aromatic carboxylic acids is 1. The second-order valence-electron chi connectivity index (χ2n) is 5.67. The molecule has 2 amide bonds. The molecule has 0 radical (unpaired) electrons. The molecule has 1 aromatic rings. The van der Waals surface area contributed by atoms with E-state index in [0.29, 0.717) is 5.00 Å². The minimum absolute atomic E-state index is 0.131. The number of carboxylic acid groups (broad SMARTS) is 1. The molecule has 0 aromatic carbocycles. The summed E-state index contributed by atoms with van der Waals surface area (Å²) >= 11 is 1.21. The van der Waals surface area contributed by atoms with Crippen molar-refractivity contribution >= 4 is 28.3 Å². The minimum atomic E-state index is -1.03. The molecule has 1 atom stereocenters. The zero-order chi connectivity index (χ0) is 14.0. The third-order valence-corrected chi connectivity index (χ3v) is 4.26. The monoisotopic (exact) mass is 282 g/mol. The highest BCUT2D eigenvalue weighted by molar-refractivity contribution is 7.14. The second kappa shape index (κ2) is 5.21. The molecule has 104 valence electrons. The number of nitrogens with one attached hydrogen (secondary N) is 2. The lowest BCUT2D eigenvalue weighted by molar-refractivity contribution is 0.0698. The van der Waals surface area contributed by atoms with E-state index in [0.717, 1.165) is 19.3 Å². The summed E-state index contributed by atoms with van der Waals surface area (Å²) in [7, 11) is 0. The molecule has 5 nitrogen and oxygen atoms in total. The summed E-state index contributed by atoms with van der Waals surface area (Å²) < 4.78 is 0. The summed E-state index contributed by atoms with van der Waals surface area (Å²) in [6.45, 7) is 4.38. The molecule has 1 unspecified atom stereocenters. The van der Waals surface area contributed by atoms with E-state index in [9.17, 15) is 9.59 Å². The first-order valence-corrected chi connectivity index (χ1v) is 7.14. The van der Waals surface area contributed by atoms with Gasteiger partial charge in [-0.2, -0.15) is 0 Å². The van der Waals surface area contributed by atoms with Crippen molar-refractivity contribution in [2.75, 3.05) is 5.32 Å². The lowest BCUT2D eigenvalue weighted by atomic mass is 9.92. The van der Waals surface area contributed by atoms with E-state index in [2.05, 4.69) is 24.5 Å². The topological polar surface area (TPSA) is 78.4 Å². The maximum atomic E-state index is 11.8. The van der Waals surface area contributed by atoms with Crippen LogP contribution in [0, 0.1) is 5.41 Å². The predicted molar refractivity (Wildman–Crippen MR) is 74.9 cm³/mol. The van der Waals surface area contributed by atoms with Crippen LogP contribution in [0.4, 0.5) is 9.80 Å². The summed E-state index contributed by atoms with van der Waals surface area (Å²) in [5.74, 6) is -1.03. The van der Waals surface area contributed by atoms with Crippen LogP contribution in [0.3, 0.4) is 0 Å². The number of amides is 2. The van der Waals surface area contributed by atoms with E-state index in [4.69, 9.17) is 5.11 Å². The van der Waals surface area contributed by atoms with Gasteiger partial charge in [0, 0.05) is 6.04 Å². The summed E-state index contributed by atoms with van der Waals surface area (Å²) in [6, 6.07) is 1.33. The van der Waals surface area contributed by atoms with E-state index in [1.807, 2.05) is 0 Å². The summed E-state index contributed by atoms with van der Waals surface area (Å²) in [5.41, 5.74) is 0.402. The number of carbonyl (C=O) groups is 2. The van der Waals surface area contributed by atoms with Crippen LogP contribution in [0.2, 0.25) is 0 Å². The molecule has 1 aliphatic rings. The summed E-state index contributed by atoms with van der Waals surface area (Å²) in [5, 5.41) is 16.5. The third-order valence-electron chi connectivity index (χ3n) is 3.43. The zero-order valence-corrected chi connectivity index (χ0v) is 11.8. The maximum Gasteiger partial charge on any atom is 0.338 e. The van der Waals surface area contributed by atoms with Gasteiger partial charge in [0.1, 0.15) is 5.00 Å². The molecule has 0 aliphatic heterocycles. The maximum absolute atomic E-state index is 11.8. The van der Waals surface area contributed by atoms with Crippen LogP contribution < -0.4 is 10.6 Å². The van der Waals surface area contributed by atoms with Crippen LogP contribution >= 0.6 is 11.3 Å². The van der Waals surface area contributed by atoms with E-state index in [1.54, 1.807) is 5.38 Å². The Kier molecular flexibility index (Phi) is 3.80. The standard InChI is InChI=1S/C13H18N2O3S/c1-13(2)5-3-8(7-13)14-12(18)15-10-9(11(16)17)4-6-19-10/h4,6,8H,3,5,7H2,1-2H3,(H,16,17)(H2,14,15,18). The third kappa shape index (κ3) is 3.47. The van der Waals surface area contributed by atoms with Crippen LogP contribution in [0.15, 0.2) is 11.4 Å². The molecule has 19 heavy (non-hydrogen) atoms. The van der Waals surface area contributed by atoms with Crippen LogP contribution in [0.1, 0.15) is 43.5 Å². The molecule has 0 bridgehead atoms. The van der Waals surface area contributed by atoms with E-state index in [1.165, 1.54) is 17.4 Å². The van der Waals surface area contributed by atoms with Crippen LogP contribution in [0.25, 0.3) is 0 Å². The average Bonchev–Trinajstić information content (AvgIpc) is 2.85. The predicted octanol–water partition coefficient (Wildman–Crippen LogP) is 3.15. The first kappa shape index (κ1) is 13.9. The SMILES string of the molecule is CC1(C)CCC(NC(=O)Nc2sccc2C(=O)O)C1. The zero-order valence-electron chi connectivity index (χ0n) is 11.0. The number of urea groups is 1. The summed E-state index contributed by atoms with van der Waals surface area (Å²) in [4.78, 5) is 22.8. The van der Waals surface area contributed by atoms with Crippen LogP contribution in [0.5, 0.6) is 0 Å². The minimum Gasteiger partial charge on any atom is -0.478 e. The van der Waals surface area contributed by atoms with Gasteiger partial charge in [0.25, 0.3) is 0 Å². The molecular weight excluding hydrogens is 264 g/mol. The van der Waals surface area contributed by atoms with E-state index in [-0.39, 0.29) is 23.1 Å².